The summed E-state index contributed by atoms with van der Waals surface area (Å²) >= 11 is 0. The predicted molar refractivity (Wildman–Crippen MR) is 162 cm³/mol. The van der Waals surface area contributed by atoms with Gasteiger partial charge in [-0.15, -0.1) is 0 Å². The van der Waals surface area contributed by atoms with Gasteiger partial charge in [-0.05, 0) is 55.2 Å². The molecule has 234 valence electrons. The second kappa shape index (κ2) is 11.8. The predicted octanol–water partition coefficient (Wildman–Crippen LogP) is 3.25. The molecule has 4 aromatic rings. The average molecular weight is 627 g/mol. The Hall–Kier alpha value is -3.52. The van der Waals surface area contributed by atoms with Crippen LogP contribution in [0.25, 0.3) is 16.8 Å². The number of fused-ring (bicyclic) bond motifs is 1. The minimum Gasteiger partial charge on any atom is -0.385 e. The number of aliphatic hydroxyl groups is 1. The fourth-order valence-electron chi connectivity index (χ4n) is 6.24. The van der Waals surface area contributed by atoms with Crippen molar-refractivity contribution in [1.82, 2.24) is 19.6 Å². The number of piperidine rings is 1. The van der Waals surface area contributed by atoms with E-state index in [1.807, 2.05) is 13.0 Å². The van der Waals surface area contributed by atoms with Crippen molar-refractivity contribution >= 4 is 21.0 Å². The van der Waals surface area contributed by atoms with Gasteiger partial charge in [-0.1, -0.05) is 6.92 Å². The molecule has 13 heteroatoms. The first-order chi connectivity index (χ1) is 20.9. The summed E-state index contributed by atoms with van der Waals surface area (Å²) in [5.41, 5.74) is 7.89. The number of hydrogen-bond donors (Lipinski definition) is 2. The minimum atomic E-state index is -3.13. The lowest BCUT2D eigenvalue weighted by molar-refractivity contribution is -0.0392. The standard InChI is InChI=1S/C31H36F2N6O4S/c1-19-17-38(18-25(34)30(19)43-10-11-44(2,41)42)27-6-9-35-15-20(27)12-28-36-16-22-4-5-26(37-39(22)28)29-23(32)13-21(14-24(29)33)31(40)7-3-8-31/h4-6,9,13-16,19,25,30,40H,3,7-8,10-12,17-18,34H2,1-2H3/t19-,25+,30-/m0/s1. The third kappa shape index (κ3) is 6.06. The van der Waals surface area contributed by atoms with Crippen LogP contribution in [0, 0.1) is 17.6 Å². The lowest BCUT2D eigenvalue weighted by Crippen LogP contribution is -2.57. The first kappa shape index (κ1) is 30.5. The highest BCUT2D eigenvalue weighted by atomic mass is 32.2. The summed E-state index contributed by atoms with van der Waals surface area (Å²) in [5, 5.41) is 15.2. The maximum Gasteiger partial charge on any atom is 0.149 e. The minimum absolute atomic E-state index is 0.0389. The van der Waals surface area contributed by atoms with E-state index in [0.29, 0.717) is 43.7 Å². The Labute approximate surface area is 254 Å². The summed E-state index contributed by atoms with van der Waals surface area (Å²) in [7, 11) is -3.13. The van der Waals surface area contributed by atoms with Crippen LogP contribution >= 0.6 is 0 Å². The molecule has 1 saturated carbocycles. The van der Waals surface area contributed by atoms with Crippen LogP contribution in [0.15, 0.2) is 48.9 Å². The van der Waals surface area contributed by atoms with Crippen LogP contribution in [0.4, 0.5) is 14.5 Å². The van der Waals surface area contributed by atoms with Crippen molar-refractivity contribution in [3.8, 4) is 11.3 Å². The molecular weight excluding hydrogens is 590 g/mol. The molecule has 1 saturated heterocycles. The fourth-order valence-corrected chi connectivity index (χ4v) is 6.63. The number of rotatable bonds is 9. The lowest BCUT2D eigenvalue weighted by Gasteiger charge is -2.42. The molecule has 0 amide bonds. The monoisotopic (exact) mass is 626 g/mol. The van der Waals surface area contributed by atoms with Crippen molar-refractivity contribution in [3.63, 3.8) is 0 Å². The highest BCUT2D eigenvalue weighted by molar-refractivity contribution is 7.90. The lowest BCUT2D eigenvalue weighted by atomic mass is 9.75. The summed E-state index contributed by atoms with van der Waals surface area (Å²) in [6.07, 6.45) is 8.14. The molecule has 6 rings (SSSR count). The Morgan fingerprint density at radius 1 is 1.14 bits per heavy atom. The van der Waals surface area contributed by atoms with E-state index in [0.717, 1.165) is 17.7 Å². The quantitative estimate of drug-likeness (QED) is 0.287. The smallest absolute Gasteiger partial charge is 0.149 e. The zero-order valence-electron chi connectivity index (χ0n) is 24.7. The number of benzene rings is 1. The molecule has 0 unspecified atom stereocenters. The van der Waals surface area contributed by atoms with Gasteiger partial charge in [0, 0.05) is 61.4 Å². The Balaban J connectivity index is 1.24. The van der Waals surface area contributed by atoms with E-state index in [-0.39, 0.29) is 47.2 Å². The van der Waals surface area contributed by atoms with Crippen LogP contribution < -0.4 is 10.6 Å². The van der Waals surface area contributed by atoms with Crippen LogP contribution in [0.2, 0.25) is 0 Å². The number of aromatic nitrogens is 4. The Morgan fingerprint density at radius 2 is 1.89 bits per heavy atom. The average Bonchev–Trinajstić information content (AvgIpc) is 3.34. The number of nitrogens with zero attached hydrogens (tertiary/aromatic N) is 5. The zero-order valence-corrected chi connectivity index (χ0v) is 25.5. The van der Waals surface area contributed by atoms with Crippen molar-refractivity contribution in [2.24, 2.45) is 11.7 Å². The molecule has 3 N–H and O–H groups in total. The van der Waals surface area contributed by atoms with Crippen LogP contribution in [-0.2, 0) is 26.6 Å². The molecular formula is C31H36F2N6O4S. The Morgan fingerprint density at radius 3 is 2.55 bits per heavy atom. The fraction of sp³-hybridized carbons (Fsp3) is 0.452. The number of hydrogen-bond acceptors (Lipinski definition) is 9. The van der Waals surface area contributed by atoms with E-state index in [4.69, 9.17) is 10.5 Å². The highest BCUT2D eigenvalue weighted by Gasteiger charge is 2.38. The van der Waals surface area contributed by atoms with Gasteiger partial charge in [0.05, 0.1) is 47.0 Å². The molecule has 0 radical (unpaired) electrons. The van der Waals surface area contributed by atoms with Crippen molar-refractivity contribution in [2.75, 3.05) is 36.6 Å². The summed E-state index contributed by atoms with van der Waals surface area (Å²) in [4.78, 5) is 11.1. The van der Waals surface area contributed by atoms with Crippen LogP contribution in [0.3, 0.4) is 0 Å². The molecule has 1 aliphatic carbocycles. The van der Waals surface area contributed by atoms with Crippen LogP contribution in [-0.4, -0.2) is 77.0 Å². The number of pyridine rings is 1. The maximum absolute atomic E-state index is 15.3. The third-order valence-corrected chi connectivity index (χ3v) is 9.63. The molecule has 2 fully saturated rings. The zero-order chi connectivity index (χ0) is 31.2. The van der Waals surface area contributed by atoms with E-state index in [1.54, 1.807) is 35.2 Å². The summed E-state index contributed by atoms with van der Waals surface area (Å²) in [5.74, 6) is -1.01. The molecule has 44 heavy (non-hydrogen) atoms. The number of ether oxygens (including phenoxy) is 1. The van der Waals surface area contributed by atoms with E-state index in [9.17, 15) is 13.5 Å². The van der Waals surface area contributed by atoms with Crippen molar-refractivity contribution in [1.29, 1.82) is 0 Å². The van der Waals surface area contributed by atoms with Crippen molar-refractivity contribution < 1.29 is 27.0 Å². The number of halogens is 2. The molecule has 2 aliphatic rings. The topological polar surface area (TPSA) is 136 Å². The molecule has 0 spiro atoms. The van der Waals surface area contributed by atoms with Gasteiger partial charge in [-0.2, -0.15) is 5.10 Å². The van der Waals surface area contributed by atoms with Crippen molar-refractivity contribution in [2.45, 2.75) is 50.4 Å². The number of imidazole rings is 1. The molecule has 3 aromatic heterocycles. The first-order valence-corrected chi connectivity index (χ1v) is 16.8. The summed E-state index contributed by atoms with van der Waals surface area (Å²) in [6.45, 7) is 3.27. The van der Waals surface area contributed by atoms with Gasteiger partial charge < -0.3 is 20.5 Å². The molecule has 3 atom stereocenters. The van der Waals surface area contributed by atoms with Crippen molar-refractivity contribution in [3.05, 3.63) is 77.5 Å². The highest BCUT2D eigenvalue weighted by Crippen LogP contribution is 2.42. The largest absolute Gasteiger partial charge is 0.385 e. The number of anilines is 1. The van der Waals surface area contributed by atoms with E-state index in [1.165, 1.54) is 18.4 Å². The van der Waals surface area contributed by atoms with Crippen LogP contribution in [0.5, 0.6) is 0 Å². The first-order valence-electron chi connectivity index (χ1n) is 14.7. The SMILES string of the molecule is C[C@H]1CN(c2ccncc2Cc2ncc3ccc(-c4c(F)cc(C5(O)CCC5)cc4F)nn23)C[C@@H](N)[C@H]1OCCS(C)(=O)=O. The molecule has 1 aliphatic heterocycles. The van der Waals surface area contributed by atoms with E-state index < -0.39 is 27.1 Å². The van der Waals surface area contributed by atoms with Gasteiger partial charge in [-0.25, -0.2) is 26.7 Å². The van der Waals surface area contributed by atoms with Crippen LogP contribution in [0.1, 0.15) is 43.1 Å². The van der Waals surface area contributed by atoms with Gasteiger partial charge in [0.2, 0.25) is 0 Å². The normalized spacial score (nSPS) is 21.9. The maximum atomic E-state index is 15.3. The number of nitrogens with two attached hydrogens (primary N) is 1. The van der Waals surface area contributed by atoms with Gasteiger partial charge in [0.25, 0.3) is 0 Å². The molecule has 10 nitrogen and oxygen atoms in total. The molecule has 1 aromatic carbocycles. The summed E-state index contributed by atoms with van der Waals surface area (Å²) < 4.78 is 61.0. The summed E-state index contributed by atoms with van der Waals surface area (Å²) in [6, 6.07) is 7.25. The van der Waals surface area contributed by atoms with E-state index in [2.05, 4.69) is 20.0 Å². The Bertz CT molecular complexity index is 1760. The third-order valence-electron chi connectivity index (χ3n) is 8.72. The molecule has 0 bridgehead atoms. The van der Waals surface area contributed by atoms with Gasteiger partial charge >= 0.3 is 0 Å². The second-order valence-corrected chi connectivity index (χ2v) is 14.4. The van der Waals surface area contributed by atoms with Gasteiger partial charge in [0.15, 0.2) is 0 Å². The second-order valence-electron chi connectivity index (χ2n) is 12.1. The van der Waals surface area contributed by atoms with E-state index >= 15 is 8.78 Å². The molecule has 4 heterocycles. The van der Waals surface area contributed by atoms with Gasteiger partial charge in [0.1, 0.15) is 27.3 Å². The number of sulfone groups is 1. The van der Waals surface area contributed by atoms with Gasteiger partial charge in [-0.3, -0.25) is 4.98 Å². The Kier molecular flexibility index (Phi) is 8.16.